The van der Waals surface area contributed by atoms with Crippen molar-refractivity contribution in [3.05, 3.63) is 97.1 Å². The Kier molecular flexibility index (Phi) is 32.8. The Hall–Kier alpha value is -3.72. The van der Waals surface area contributed by atoms with Gasteiger partial charge >= 0.3 is 17.1 Å². The van der Waals surface area contributed by atoms with Gasteiger partial charge in [0.05, 0.1) is 12.1 Å². The summed E-state index contributed by atoms with van der Waals surface area (Å²) in [6.45, 7) is 6.84. The van der Waals surface area contributed by atoms with Crippen molar-refractivity contribution in [2.24, 2.45) is 0 Å². The predicted molar refractivity (Wildman–Crippen MR) is 137 cm³/mol. The molecule has 0 aliphatic heterocycles. The van der Waals surface area contributed by atoms with E-state index >= 15 is 0 Å². The van der Waals surface area contributed by atoms with Crippen LogP contribution in [0.5, 0.6) is 0 Å². The van der Waals surface area contributed by atoms with Crippen LogP contribution in [0.3, 0.4) is 0 Å². The number of nitrogens with zero attached hydrogens (tertiary/aromatic N) is 6. The van der Waals surface area contributed by atoms with Gasteiger partial charge in [-0.15, -0.1) is 20.5 Å². The Morgan fingerprint density at radius 3 is 0.911 bits per heavy atom. The zero-order valence-electron chi connectivity index (χ0n) is 24.3. The van der Waals surface area contributed by atoms with E-state index in [9.17, 15) is 0 Å². The molecular weight excluding hydrogens is 682 g/mol. The van der Waals surface area contributed by atoms with Gasteiger partial charge in [-0.1, -0.05) is 0 Å². The third kappa shape index (κ3) is 36.4. The first-order valence-electron chi connectivity index (χ1n) is 11.1. The van der Waals surface area contributed by atoms with Crippen LogP contribution in [0.2, 0.25) is 0 Å². The third-order valence-corrected chi connectivity index (χ3v) is 3.82. The van der Waals surface area contributed by atoms with Crippen LogP contribution in [-0.2, 0) is 28.0 Å². The van der Waals surface area contributed by atoms with Crippen molar-refractivity contribution in [3.63, 3.8) is 0 Å². The SMILES string of the molecule is CC#N.CC#N.Cc1cc(-c2ccncc2)ccn1.Cc1cc(-c2ccncc2)ccn1.[Mn+2].[O-][Cl+3]([O-])([O-])[O-].[O-][Cl+3]([O-])([O-])[O-].[OH3+].[OH3+]. The fourth-order valence-electron chi connectivity index (χ4n) is 2.54. The molecule has 0 aromatic carbocycles. The van der Waals surface area contributed by atoms with Crippen LogP contribution in [0.1, 0.15) is 25.2 Å². The molecule has 1 radical (unpaired) electrons. The first kappa shape index (κ1) is 50.9. The number of nitriles is 2. The largest absolute Gasteiger partial charge is 2.00 e. The van der Waals surface area contributed by atoms with E-state index in [1.54, 1.807) is 36.9 Å². The predicted octanol–water partition coefficient (Wildman–Crippen LogP) is -5.39. The summed E-state index contributed by atoms with van der Waals surface area (Å²) in [7, 11) is -9.89. The summed E-state index contributed by atoms with van der Waals surface area (Å²) < 4.78 is 67.9. The van der Waals surface area contributed by atoms with Crippen molar-refractivity contribution in [2.75, 3.05) is 0 Å². The Morgan fingerprint density at radius 1 is 0.511 bits per heavy atom. The fourth-order valence-corrected chi connectivity index (χ4v) is 2.54. The van der Waals surface area contributed by atoms with Gasteiger partial charge in [-0.3, -0.25) is 19.9 Å². The van der Waals surface area contributed by atoms with E-state index < -0.39 is 20.5 Å². The van der Waals surface area contributed by atoms with Gasteiger partial charge in [0.15, 0.2) is 0 Å². The van der Waals surface area contributed by atoms with E-state index in [2.05, 4.69) is 32.1 Å². The van der Waals surface area contributed by atoms with Crippen LogP contribution in [0.4, 0.5) is 0 Å². The van der Waals surface area contributed by atoms with Gasteiger partial charge < -0.3 is 11.0 Å². The molecule has 0 fully saturated rings. The summed E-state index contributed by atoms with van der Waals surface area (Å²) in [5, 5.41) is 14.6. The number of rotatable bonds is 2. The van der Waals surface area contributed by atoms with Crippen molar-refractivity contribution in [3.8, 4) is 34.4 Å². The molecule has 6 N–H and O–H groups in total. The van der Waals surface area contributed by atoms with Crippen LogP contribution < -0.4 is 37.3 Å². The van der Waals surface area contributed by atoms with E-state index in [0.29, 0.717) is 0 Å². The molecule has 4 aromatic heterocycles. The summed E-state index contributed by atoms with van der Waals surface area (Å²) in [6.07, 6.45) is 10.8. The molecule has 0 amide bonds. The number of aromatic nitrogens is 4. The second-order valence-electron chi connectivity index (χ2n) is 7.05. The Bertz CT molecular complexity index is 1240. The smallest absolute Gasteiger partial charge is 0.457 e. The normalized spacial score (nSPS) is 8.76. The van der Waals surface area contributed by atoms with Crippen molar-refractivity contribution in [1.29, 1.82) is 10.5 Å². The monoisotopic (exact) mass is 713 g/mol. The minimum atomic E-state index is -4.94. The Balaban J connectivity index is -0.000000156. The molecule has 0 atom stereocenters. The summed E-state index contributed by atoms with van der Waals surface area (Å²) in [6, 6.07) is 19.6. The topological polar surface area (TPSA) is 350 Å². The van der Waals surface area contributed by atoms with Crippen molar-refractivity contribution < 1.29 is 85.8 Å². The first-order chi connectivity index (χ1) is 19.5. The number of pyridine rings is 4. The van der Waals surface area contributed by atoms with Crippen molar-refractivity contribution in [2.45, 2.75) is 27.7 Å². The van der Waals surface area contributed by atoms with E-state index in [1.165, 1.54) is 36.1 Å². The number of aryl methyl sites for hydroxylation is 2. The van der Waals surface area contributed by atoms with Crippen LogP contribution >= 0.6 is 0 Å². The zero-order chi connectivity index (χ0) is 32.6. The molecule has 16 nitrogen and oxygen atoms in total. The van der Waals surface area contributed by atoms with Crippen molar-refractivity contribution in [1.82, 2.24) is 19.9 Å². The first-order valence-corrected chi connectivity index (χ1v) is 13.5. The van der Waals surface area contributed by atoms with E-state index in [-0.39, 0.29) is 28.0 Å². The molecule has 0 unspecified atom stereocenters. The molecule has 0 aliphatic carbocycles. The van der Waals surface area contributed by atoms with Crippen LogP contribution in [0.15, 0.2) is 85.7 Å². The van der Waals surface area contributed by atoms with E-state index in [0.717, 1.165) is 11.4 Å². The average molecular weight is 714 g/mol. The maximum absolute atomic E-state index is 8.49. The van der Waals surface area contributed by atoms with Crippen LogP contribution in [-0.4, -0.2) is 19.9 Å². The number of hydrogen-bond donors (Lipinski definition) is 0. The molecular formula is C26H32Cl2MnN6O10+2. The molecule has 0 aliphatic rings. The van der Waals surface area contributed by atoms with Gasteiger partial charge in [0.1, 0.15) is 0 Å². The Labute approximate surface area is 274 Å². The molecule has 0 saturated heterocycles. The maximum Gasteiger partial charge on any atom is 2.00 e. The molecule has 19 heteroatoms. The number of hydrogen-bond acceptors (Lipinski definition) is 14. The van der Waals surface area contributed by atoms with Crippen molar-refractivity contribution >= 4 is 0 Å². The minimum absolute atomic E-state index is 0. The van der Waals surface area contributed by atoms with E-state index in [1.807, 2.05) is 62.6 Å². The van der Waals surface area contributed by atoms with Gasteiger partial charge in [-0.25, -0.2) is 37.3 Å². The van der Waals surface area contributed by atoms with E-state index in [4.69, 9.17) is 47.8 Å². The summed E-state index contributed by atoms with van der Waals surface area (Å²) in [5.74, 6) is 0. The van der Waals surface area contributed by atoms with Gasteiger partial charge in [0, 0.05) is 62.4 Å². The molecule has 4 heterocycles. The zero-order valence-corrected chi connectivity index (χ0v) is 27.0. The molecule has 245 valence electrons. The molecule has 45 heavy (non-hydrogen) atoms. The second-order valence-corrected chi connectivity index (χ2v) is 8.56. The quantitative estimate of drug-likeness (QED) is 0.138. The summed E-state index contributed by atoms with van der Waals surface area (Å²) in [4.78, 5) is 16.3. The second kappa shape index (κ2) is 29.0. The van der Waals surface area contributed by atoms with Gasteiger partial charge in [0.2, 0.25) is 0 Å². The maximum atomic E-state index is 8.49. The standard InChI is InChI=1S/2C11H10N2.2C2H3N.2ClHO4.Mn.2H2O/c2*1-9-8-11(4-7-13-9)10-2-5-12-6-3-10;2*1-2-3;2*2-1(3,4)5;;;/h2*2-8H,1H3;2*1H3;2*(H,2,3,4,5);;2*1H2/q;;;;;;+2;;. The summed E-state index contributed by atoms with van der Waals surface area (Å²) in [5.41, 5.74) is 6.81. The van der Waals surface area contributed by atoms with Crippen LogP contribution in [0, 0.1) is 57.0 Å². The number of halogens is 2. The van der Waals surface area contributed by atoms with Crippen LogP contribution in [0.25, 0.3) is 22.3 Å². The van der Waals surface area contributed by atoms with Gasteiger partial charge in [-0.2, -0.15) is 10.5 Å². The Morgan fingerprint density at radius 2 is 0.711 bits per heavy atom. The molecule has 0 spiro atoms. The average Bonchev–Trinajstić information content (AvgIpc) is 2.89. The van der Waals surface area contributed by atoms with Gasteiger partial charge in [-0.05, 0) is 84.6 Å². The summed E-state index contributed by atoms with van der Waals surface area (Å²) >= 11 is 0. The molecule has 4 aromatic rings. The fraction of sp³-hybridized carbons (Fsp3) is 0.154. The van der Waals surface area contributed by atoms with Gasteiger partial charge in [0.25, 0.3) is 0 Å². The molecule has 0 bridgehead atoms. The molecule has 4 rings (SSSR count). The third-order valence-electron chi connectivity index (χ3n) is 3.82. The minimum Gasteiger partial charge on any atom is -0.457 e. The molecule has 0 saturated carbocycles.